The molecule has 0 saturated heterocycles. The second kappa shape index (κ2) is 8.61. The van der Waals surface area contributed by atoms with Crippen molar-refractivity contribution in [2.45, 2.75) is 6.92 Å². The number of nitrogens with one attached hydrogen (secondary N) is 2. The van der Waals surface area contributed by atoms with Gasteiger partial charge in [-0.3, -0.25) is 0 Å². The summed E-state index contributed by atoms with van der Waals surface area (Å²) >= 11 is 11.6. The van der Waals surface area contributed by atoms with Crippen LogP contribution in [0.15, 0.2) is 83.9 Å². The number of thiocarbonyl (C=S) groups is 1. The first-order chi connectivity index (χ1) is 12.6. The van der Waals surface area contributed by atoms with Gasteiger partial charge >= 0.3 is 0 Å². The predicted molar refractivity (Wildman–Crippen MR) is 115 cm³/mol. The van der Waals surface area contributed by atoms with Crippen LogP contribution < -0.4 is 10.6 Å². The Hall–Kier alpha value is -2.69. The molecule has 130 valence electrons. The van der Waals surface area contributed by atoms with Gasteiger partial charge in [0, 0.05) is 11.3 Å². The van der Waals surface area contributed by atoms with Crippen molar-refractivity contribution in [3.8, 4) is 0 Å². The van der Waals surface area contributed by atoms with Gasteiger partial charge in [-0.05, 0) is 43.4 Å². The van der Waals surface area contributed by atoms with Crippen LogP contribution in [0.5, 0.6) is 0 Å². The lowest BCUT2D eigenvalue weighted by molar-refractivity contribution is 1.46. The Labute approximate surface area is 163 Å². The monoisotopic (exact) mass is 379 g/mol. The van der Waals surface area contributed by atoms with Crippen molar-refractivity contribution >= 4 is 46.1 Å². The molecule has 0 bridgehead atoms. The van der Waals surface area contributed by atoms with Crippen LogP contribution in [0.25, 0.3) is 0 Å². The molecule has 26 heavy (non-hydrogen) atoms. The Balaban J connectivity index is 1.87. The van der Waals surface area contributed by atoms with Gasteiger partial charge in [-0.15, -0.1) is 0 Å². The van der Waals surface area contributed by atoms with E-state index >= 15 is 0 Å². The fraction of sp³-hybridized carbons (Fsp3) is 0.0476. The van der Waals surface area contributed by atoms with Crippen LogP contribution in [0, 0.1) is 6.92 Å². The number of anilines is 2. The number of hydrogen-bond donors (Lipinski definition) is 2. The highest BCUT2D eigenvalue weighted by atomic mass is 35.5. The molecule has 3 rings (SSSR count). The van der Waals surface area contributed by atoms with Gasteiger partial charge in [-0.2, -0.15) is 0 Å². The van der Waals surface area contributed by atoms with Gasteiger partial charge < -0.3 is 10.6 Å². The molecule has 0 aliphatic heterocycles. The topological polar surface area (TPSA) is 36.4 Å². The molecule has 0 atom stereocenters. The molecule has 0 aliphatic carbocycles. The number of halogens is 1. The minimum Gasteiger partial charge on any atom is -0.340 e. The second-order valence-electron chi connectivity index (χ2n) is 5.73. The third-order valence-electron chi connectivity index (χ3n) is 3.69. The minimum atomic E-state index is 0.330. The summed E-state index contributed by atoms with van der Waals surface area (Å²) in [5.41, 5.74) is 3.81. The van der Waals surface area contributed by atoms with Gasteiger partial charge in [0.15, 0.2) is 5.11 Å². The van der Waals surface area contributed by atoms with Crippen molar-refractivity contribution in [3.05, 3.63) is 95.0 Å². The number of aryl methyl sites for hydroxylation is 1. The Morgan fingerprint density at radius 3 is 2.19 bits per heavy atom. The lowest BCUT2D eigenvalue weighted by Crippen LogP contribution is -2.18. The standard InChI is InChI=1S/C21H18ClN3S/c1-15-11-13-17(14-12-15)23-20(16-7-3-2-4-8-16)25-21(26)24-19-10-6-5-9-18(19)22/h2-14H,1H3,(H2,23,24,25,26). The second-order valence-corrected chi connectivity index (χ2v) is 6.52. The van der Waals surface area contributed by atoms with Gasteiger partial charge in [0.05, 0.1) is 10.7 Å². The van der Waals surface area contributed by atoms with E-state index in [9.17, 15) is 0 Å². The molecule has 3 nitrogen and oxygen atoms in total. The number of hydrogen-bond acceptors (Lipinski definition) is 1. The largest absolute Gasteiger partial charge is 0.340 e. The fourth-order valence-electron chi connectivity index (χ4n) is 2.34. The number of rotatable bonds is 3. The molecule has 3 aromatic carbocycles. The molecule has 5 heteroatoms. The molecule has 0 fully saturated rings. The number of amidine groups is 1. The van der Waals surface area contributed by atoms with Crippen molar-refractivity contribution in [1.29, 1.82) is 0 Å². The van der Waals surface area contributed by atoms with Gasteiger partial charge in [-0.25, -0.2) is 4.99 Å². The fourth-order valence-corrected chi connectivity index (χ4v) is 2.73. The molecular formula is C21H18ClN3S. The SMILES string of the molecule is Cc1ccc(N/C(=N/C(=S)Nc2ccccc2Cl)c2ccccc2)cc1. The quantitative estimate of drug-likeness (QED) is 0.337. The first-order valence-corrected chi connectivity index (χ1v) is 8.94. The summed E-state index contributed by atoms with van der Waals surface area (Å²) in [4.78, 5) is 4.57. The Bertz CT molecular complexity index is 922. The predicted octanol–water partition coefficient (Wildman–Crippen LogP) is 5.90. The van der Waals surface area contributed by atoms with Crippen LogP contribution in [0.3, 0.4) is 0 Å². The normalized spacial score (nSPS) is 11.1. The Morgan fingerprint density at radius 1 is 0.846 bits per heavy atom. The number of nitrogens with zero attached hydrogens (tertiary/aromatic N) is 1. The Kier molecular flexibility index (Phi) is 6.00. The zero-order chi connectivity index (χ0) is 18.4. The van der Waals surface area contributed by atoms with E-state index < -0.39 is 0 Å². The molecule has 3 aromatic rings. The molecule has 0 aliphatic rings. The third kappa shape index (κ3) is 4.91. The van der Waals surface area contributed by atoms with E-state index in [-0.39, 0.29) is 0 Å². The molecular weight excluding hydrogens is 362 g/mol. The van der Waals surface area contributed by atoms with Crippen molar-refractivity contribution in [2.75, 3.05) is 10.6 Å². The van der Waals surface area contributed by atoms with E-state index in [4.69, 9.17) is 23.8 Å². The molecule has 0 aromatic heterocycles. The van der Waals surface area contributed by atoms with Crippen LogP contribution in [-0.2, 0) is 0 Å². The highest BCUT2D eigenvalue weighted by Crippen LogP contribution is 2.20. The molecule has 0 heterocycles. The molecule has 0 spiro atoms. The van der Waals surface area contributed by atoms with Crippen molar-refractivity contribution in [1.82, 2.24) is 0 Å². The molecule has 0 saturated carbocycles. The number of para-hydroxylation sites is 1. The summed E-state index contributed by atoms with van der Waals surface area (Å²) in [5.74, 6) is 0.666. The van der Waals surface area contributed by atoms with E-state index in [2.05, 4.69) is 22.5 Å². The van der Waals surface area contributed by atoms with E-state index in [1.54, 1.807) is 6.07 Å². The molecule has 0 amide bonds. The van der Waals surface area contributed by atoms with E-state index in [0.29, 0.717) is 16.0 Å². The van der Waals surface area contributed by atoms with Crippen molar-refractivity contribution in [2.24, 2.45) is 4.99 Å². The summed E-state index contributed by atoms with van der Waals surface area (Å²) in [7, 11) is 0. The van der Waals surface area contributed by atoms with Crippen LogP contribution in [0.2, 0.25) is 5.02 Å². The summed E-state index contributed by atoms with van der Waals surface area (Å²) in [6, 6.07) is 25.4. The highest BCUT2D eigenvalue weighted by Gasteiger charge is 2.07. The molecule has 0 unspecified atom stereocenters. The summed E-state index contributed by atoms with van der Waals surface area (Å²) < 4.78 is 0. The lowest BCUT2D eigenvalue weighted by Gasteiger charge is -2.12. The van der Waals surface area contributed by atoms with E-state index in [0.717, 1.165) is 16.9 Å². The van der Waals surface area contributed by atoms with Crippen molar-refractivity contribution in [3.63, 3.8) is 0 Å². The lowest BCUT2D eigenvalue weighted by atomic mass is 10.2. The average Bonchev–Trinajstić information content (AvgIpc) is 2.65. The van der Waals surface area contributed by atoms with Gasteiger partial charge in [0.25, 0.3) is 0 Å². The van der Waals surface area contributed by atoms with Crippen LogP contribution in [0.4, 0.5) is 11.4 Å². The van der Waals surface area contributed by atoms with Crippen LogP contribution >= 0.6 is 23.8 Å². The Morgan fingerprint density at radius 2 is 1.50 bits per heavy atom. The van der Waals surface area contributed by atoms with E-state index in [1.807, 2.05) is 72.8 Å². The van der Waals surface area contributed by atoms with E-state index in [1.165, 1.54) is 5.56 Å². The molecule has 0 radical (unpaired) electrons. The number of benzene rings is 3. The maximum atomic E-state index is 6.18. The minimum absolute atomic E-state index is 0.330. The van der Waals surface area contributed by atoms with Gasteiger partial charge in [0.1, 0.15) is 5.84 Å². The molecule has 2 N–H and O–H groups in total. The summed E-state index contributed by atoms with van der Waals surface area (Å²) in [5, 5.41) is 7.35. The zero-order valence-corrected chi connectivity index (χ0v) is 15.8. The number of aliphatic imine (C=N–C) groups is 1. The summed E-state index contributed by atoms with van der Waals surface area (Å²) in [6.45, 7) is 2.05. The first-order valence-electron chi connectivity index (χ1n) is 8.15. The van der Waals surface area contributed by atoms with Crippen LogP contribution in [0.1, 0.15) is 11.1 Å². The first kappa shape index (κ1) is 18.1. The maximum Gasteiger partial charge on any atom is 0.199 e. The van der Waals surface area contributed by atoms with Crippen molar-refractivity contribution < 1.29 is 0 Å². The maximum absolute atomic E-state index is 6.18. The van der Waals surface area contributed by atoms with Gasteiger partial charge in [-0.1, -0.05) is 71.8 Å². The van der Waals surface area contributed by atoms with Gasteiger partial charge in [0.2, 0.25) is 0 Å². The smallest absolute Gasteiger partial charge is 0.199 e. The zero-order valence-electron chi connectivity index (χ0n) is 14.2. The highest BCUT2D eigenvalue weighted by molar-refractivity contribution is 7.80. The third-order valence-corrected chi connectivity index (χ3v) is 4.21. The van der Waals surface area contributed by atoms with Crippen LogP contribution in [-0.4, -0.2) is 10.9 Å². The summed E-state index contributed by atoms with van der Waals surface area (Å²) in [6.07, 6.45) is 0. The average molecular weight is 380 g/mol.